The number of rotatable bonds is 1. The highest BCUT2D eigenvalue weighted by atomic mass is 127. The molecule has 1 unspecified atom stereocenters. The molecule has 0 fully saturated rings. The molecule has 0 spiro atoms. The summed E-state index contributed by atoms with van der Waals surface area (Å²) in [5.41, 5.74) is 0. The van der Waals surface area contributed by atoms with Gasteiger partial charge in [0.05, 0.1) is 0 Å². The van der Waals surface area contributed by atoms with Gasteiger partial charge in [0.1, 0.15) is 0 Å². The molecule has 0 aromatic carbocycles. The van der Waals surface area contributed by atoms with Gasteiger partial charge in [-0.2, -0.15) is 0 Å². The highest BCUT2D eigenvalue weighted by Gasteiger charge is 1.99. The van der Waals surface area contributed by atoms with Crippen molar-refractivity contribution in [2.75, 3.05) is 0 Å². The third-order valence-corrected chi connectivity index (χ3v) is 1.16. The predicted molar refractivity (Wildman–Crippen MR) is 46.3 cm³/mol. The van der Waals surface area contributed by atoms with Crippen LogP contribution in [0.1, 0.15) is 6.92 Å². The fraction of sp³-hybridized carbons (Fsp3) is 0.400. The lowest BCUT2D eigenvalue weighted by atomic mass is 10.7. The van der Waals surface area contributed by atoms with E-state index in [0.717, 1.165) is 0 Å². The Morgan fingerprint density at radius 3 is 2.78 bits per heavy atom. The van der Waals surface area contributed by atoms with Crippen molar-refractivity contribution in [3.63, 3.8) is 0 Å². The summed E-state index contributed by atoms with van der Waals surface area (Å²) in [6, 6.07) is 0. The second-order valence-corrected chi connectivity index (χ2v) is 2.54. The average molecular weight is 303 g/mol. The number of carbonyl (C=O) groups excluding carboxylic acids is 1. The minimum atomic E-state index is -0.466. The Labute approximate surface area is 75.6 Å². The zero-order valence-corrected chi connectivity index (χ0v) is 8.39. The molecule has 0 N–H and O–H groups in total. The molecule has 0 saturated heterocycles. The molecule has 0 aromatic heterocycles. The number of halogens is 2. The second kappa shape index (κ2) is 5.06. The molecule has 0 aliphatic heterocycles. The van der Waals surface area contributed by atoms with Crippen LogP contribution in [0.15, 0.2) is 0 Å². The van der Waals surface area contributed by atoms with Gasteiger partial charge in [-0.05, 0) is 25.8 Å². The van der Waals surface area contributed by atoms with E-state index in [-0.39, 0.29) is 5.97 Å². The topological polar surface area (TPSA) is 26.3 Å². The summed E-state index contributed by atoms with van der Waals surface area (Å²) in [6.45, 7) is 1.34. The molecular formula is C5H4BrIO2. The summed E-state index contributed by atoms with van der Waals surface area (Å²) in [7, 11) is 0. The van der Waals surface area contributed by atoms with Crippen LogP contribution in [0.3, 0.4) is 0 Å². The molecule has 0 heterocycles. The largest absolute Gasteiger partial charge is 0.438 e. The fourth-order valence-electron chi connectivity index (χ4n) is 0.218. The Morgan fingerprint density at radius 2 is 2.44 bits per heavy atom. The molecule has 0 bridgehead atoms. The minimum absolute atomic E-state index is 0.337. The summed E-state index contributed by atoms with van der Waals surface area (Å²) in [6.07, 6.45) is 0. The first-order valence-electron chi connectivity index (χ1n) is 2.09. The molecule has 9 heavy (non-hydrogen) atoms. The molecule has 0 aliphatic carbocycles. The van der Waals surface area contributed by atoms with E-state index in [4.69, 9.17) is 0 Å². The number of alkyl halides is 1. The molecule has 0 aromatic rings. The van der Waals surface area contributed by atoms with Crippen molar-refractivity contribution in [1.29, 1.82) is 0 Å². The summed E-state index contributed by atoms with van der Waals surface area (Å²) in [5, 5.41) is -0.466. The number of carbonyl (C=O) groups is 1. The quantitative estimate of drug-likeness (QED) is 0.319. The summed E-state index contributed by atoms with van der Waals surface area (Å²) < 4.78 is 7.16. The van der Waals surface area contributed by atoms with Crippen molar-refractivity contribution in [3.05, 3.63) is 0 Å². The third-order valence-electron chi connectivity index (χ3n) is 0.437. The van der Waals surface area contributed by atoms with E-state index in [1.54, 1.807) is 0 Å². The maximum absolute atomic E-state index is 10.2. The van der Waals surface area contributed by atoms with Crippen molar-refractivity contribution in [2.24, 2.45) is 0 Å². The van der Waals surface area contributed by atoms with Crippen LogP contribution in [0, 0.1) is 9.85 Å². The normalized spacial score (nSPS) is 11.0. The number of hydrogen-bond donors (Lipinski definition) is 0. The predicted octanol–water partition coefficient (Wildman–Crippen LogP) is 1.67. The first-order valence-corrected chi connectivity index (χ1v) is 4.08. The van der Waals surface area contributed by atoms with Crippen LogP contribution in [0.25, 0.3) is 0 Å². The standard InChI is InChI=1S/C5H4BrIO2/c1-4(8)9-5(6)2-3-7/h5H,1H3. The first-order chi connectivity index (χ1) is 4.16. The van der Waals surface area contributed by atoms with Crippen molar-refractivity contribution in [1.82, 2.24) is 0 Å². The van der Waals surface area contributed by atoms with Crippen LogP contribution < -0.4 is 0 Å². The molecule has 0 rings (SSSR count). The molecule has 1 atom stereocenters. The fourth-order valence-corrected chi connectivity index (χ4v) is 1.31. The van der Waals surface area contributed by atoms with Gasteiger partial charge >= 0.3 is 5.97 Å². The minimum Gasteiger partial charge on any atom is -0.438 e. The number of ether oxygens (including phenoxy) is 1. The molecular weight excluding hydrogens is 299 g/mol. The van der Waals surface area contributed by atoms with Gasteiger partial charge in [-0.1, -0.05) is 0 Å². The third kappa shape index (κ3) is 6.12. The Balaban J connectivity index is 3.59. The lowest BCUT2D eigenvalue weighted by molar-refractivity contribution is -0.140. The Hall–Kier alpha value is 0.240. The van der Waals surface area contributed by atoms with E-state index < -0.39 is 5.01 Å². The first kappa shape index (κ1) is 9.24. The van der Waals surface area contributed by atoms with E-state index in [0.29, 0.717) is 0 Å². The van der Waals surface area contributed by atoms with Gasteiger partial charge in [0.2, 0.25) is 5.01 Å². The second-order valence-electron chi connectivity index (χ2n) is 1.16. The van der Waals surface area contributed by atoms with Crippen LogP contribution in [0.2, 0.25) is 0 Å². The zero-order valence-electron chi connectivity index (χ0n) is 4.65. The van der Waals surface area contributed by atoms with E-state index in [1.807, 2.05) is 22.6 Å². The van der Waals surface area contributed by atoms with E-state index >= 15 is 0 Å². The molecule has 0 radical (unpaired) electrons. The Bertz CT molecular complexity index is 158. The molecule has 0 aliphatic rings. The SMILES string of the molecule is CC(=O)OC(Br)C#CI. The van der Waals surface area contributed by atoms with Crippen molar-refractivity contribution >= 4 is 44.5 Å². The van der Waals surface area contributed by atoms with Gasteiger partial charge in [0.25, 0.3) is 0 Å². The van der Waals surface area contributed by atoms with E-state index in [2.05, 4.69) is 30.5 Å². The van der Waals surface area contributed by atoms with Crippen LogP contribution in [-0.4, -0.2) is 11.0 Å². The van der Waals surface area contributed by atoms with Gasteiger partial charge in [-0.25, -0.2) is 0 Å². The van der Waals surface area contributed by atoms with E-state index in [1.165, 1.54) is 6.92 Å². The Kier molecular flexibility index (Phi) is 5.19. The van der Waals surface area contributed by atoms with Gasteiger partial charge in [0, 0.05) is 29.5 Å². The monoisotopic (exact) mass is 302 g/mol. The number of esters is 1. The van der Waals surface area contributed by atoms with Gasteiger partial charge in [-0.3, -0.25) is 4.79 Å². The maximum atomic E-state index is 10.2. The van der Waals surface area contributed by atoms with Crippen LogP contribution in [0.4, 0.5) is 0 Å². The molecule has 0 saturated carbocycles. The van der Waals surface area contributed by atoms with E-state index in [9.17, 15) is 4.79 Å². The number of hydrogen-bond acceptors (Lipinski definition) is 2. The van der Waals surface area contributed by atoms with Gasteiger partial charge in [-0.15, -0.1) is 0 Å². The molecule has 4 heteroatoms. The van der Waals surface area contributed by atoms with Crippen molar-refractivity contribution < 1.29 is 9.53 Å². The summed E-state index contributed by atoms with van der Waals surface area (Å²) in [5.74, 6) is 2.25. The highest BCUT2D eigenvalue weighted by Crippen LogP contribution is 1.99. The summed E-state index contributed by atoms with van der Waals surface area (Å²) in [4.78, 5) is 10.2. The lowest BCUT2D eigenvalue weighted by Gasteiger charge is -1.99. The maximum Gasteiger partial charge on any atom is 0.304 e. The van der Waals surface area contributed by atoms with Crippen molar-refractivity contribution in [2.45, 2.75) is 11.9 Å². The molecule has 2 nitrogen and oxygen atoms in total. The average Bonchev–Trinajstić information content (AvgIpc) is 1.63. The van der Waals surface area contributed by atoms with Crippen LogP contribution in [0.5, 0.6) is 0 Å². The van der Waals surface area contributed by atoms with Crippen LogP contribution in [-0.2, 0) is 9.53 Å². The summed E-state index contributed by atoms with van der Waals surface area (Å²) >= 11 is 4.88. The molecule has 0 amide bonds. The Morgan fingerprint density at radius 1 is 1.89 bits per heavy atom. The molecule has 50 valence electrons. The van der Waals surface area contributed by atoms with Crippen molar-refractivity contribution in [3.8, 4) is 9.85 Å². The highest BCUT2D eigenvalue weighted by molar-refractivity contribution is 14.1. The van der Waals surface area contributed by atoms with Gasteiger partial charge in [0.15, 0.2) is 0 Å². The zero-order chi connectivity index (χ0) is 7.28. The smallest absolute Gasteiger partial charge is 0.304 e. The van der Waals surface area contributed by atoms with Crippen LogP contribution >= 0.6 is 38.5 Å². The van der Waals surface area contributed by atoms with Gasteiger partial charge < -0.3 is 4.74 Å². The lowest BCUT2D eigenvalue weighted by Crippen LogP contribution is -2.05.